The van der Waals surface area contributed by atoms with Crippen LogP contribution in [0.2, 0.25) is 5.02 Å². The van der Waals surface area contributed by atoms with E-state index in [1.54, 1.807) is 36.4 Å². The maximum atomic E-state index is 11.8. The van der Waals surface area contributed by atoms with Gasteiger partial charge in [0.1, 0.15) is 0 Å². The molecule has 2 N–H and O–H groups in total. The number of methoxy groups -OCH3 is 1. The van der Waals surface area contributed by atoms with Crippen LogP contribution in [0.4, 0.5) is 0 Å². The Morgan fingerprint density at radius 1 is 1.14 bits per heavy atom. The van der Waals surface area contributed by atoms with Crippen molar-refractivity contribution in [1.29, 1.82) is 0 Å². The van der Waals surface area contributed by atoms with Crippen molar-refractivity contribution >= 4 is 23.4 Å². The van der Waals surface area contributed by atoms with Crippen LogP contribution >= 0.6 is 11.6 Å². The van der Waals surface area contributed by atoms with Crippen LogP contribution in [0, 0.1) is 0 Å². The van der Waals surface area contributed by atoms with Gasteiger partial charge in [-0.15, -0.1) is 0 Å². The zero-order valence-electron chi connectivity index (χ0n) is 11.8. The van der Waals surface area contributed by atoms with Crippen molar-refractivity contribution in [2.24, 2.45) is 0 Å². The van der Waals surface area contributed by atoms with Crippen molar-refractivity contribution in [3.05, 3.63) is 58.7 Å². The largest absolute Gasteiger partial charge is 0.481 e. The molecule has 114 valence electrons. The lowest BCUT2D eigenvalue weighted by molar-refractivity contribution is -0.121. The van der Waals surface area contributed by atoms with Gasteiger partial charge in [0.05, 0.1) is 19.1 Å². The van der Waals surface area contributed by atoms with Gasteiger partial charge >= 0.3 is 0 Å². The highest BCUT2D eigenvalue weighted by atomic mass is 35.5. The van der Waals surface area contributed by atoms with E-state index >= 15 is 0 Å². The molecule has 2 rings (SSSR count). The first kappa shape index (κ1) is 15.8. The molecule has 2 aromatic rings. The first-order valence-corrected chi connectivity index (χ1v) is 6.80. The van der Waals surface area contributed by atoms with E-state index in [9.17, 15) is 9.59 Å². The molecule has 0 unspecified atom stereocenters. The fourth-order valence-corrected chi connectivity index (χ4v) is 1.79. The molecule has 1 aromatic heterocycles. The second-order valence-corrected chi connectivity index (χ2v) is 4.83. The summed E-state index contributed by atoms with van der Waals surface area (Å²) in [6.07, 6.45) is 1.50. The molecular formula is C15H14ClN3O3. The SMILES string of the molecule is COc1ccc(C(=O)NNC(=O)Cc2ccc(Cl)cc2)cn1. The molecule has 22 heavy (non-hydrogen) atoms. The van der Waals surface area contributed by atoms with Crippen LogP contribution in [0.3, 0.4) is 0 Å². The molecule has 2 amide bonds. The van der Waals surface area contributed by atoms with Crippen molar-refractivity contribution in [2.75, 3.05) is 7.11 Å². The number of halogens is 1. The van der Waals surface area contributed by atoms with Crippen LogP contribution in [-0.2, 0) is 11.2 Å². The highest BCUT2D eigenvalue weighted by molar-refractivity contribution is 6.30. The number of benzene rings is 1. The number of rotatable bonds is 4. The van der Waals surface area contributed by atoms with Crippen LogP contribution in [0.25, 0.3) is 0 Å². The maximum Gasteiger partial charge on any atom is 0.271 e. The van der Waals surface area contributed by atoms with E-state index < -0.39 is 5.91 Å². The fraction of sp³-hybridized carbons (Fsp3) is 0.133. The van der Waals surface area contributed by atoms with Gasteiger partial charge in [0.25, 0.3) is 5.91 Å². The van der Waals surface area contributed by atoms with Gasteiger partial charge < -0.3 is 4.74 Å². The van der Waals surface area contributed by atoms with Crippen LogP contribution in [0.1, 0.15) is 15.9 Å². The molecule has 0 saturated heterocycles. The van der Waals surface area contributed by atoms with Crippen LogP contribution in [0.5, 0.6) is 5.88 Å². The number of hydrazine groups is 1. The molecule has 0 aliphatic carbocycles. The van der Waals surface area contributed by atoms with Crippen molar-refractivity contribution < 1.29 is 14.3 Å². The number of aromatic nitrogens is 1. The summed E-state index contributed by atoms with van der Waals surface area (Å²) in [5, 5.41) is 0.601. The Labute approximate surface area is 132 Å². The van der Waals surface area contributed by atoms with E-state index in [0.717, 1.165) is 5.56 Å². The minimum absolute atomic E-state index is 0.137. The molecule has 0 aliphatic heterocycles. The van der Waals surface area contributed by atoms with Crippen LogP contribution in [-0.4, -0.2) is 23.9 Å². The summed E-state index contributed by atoms with van der Waals surface area (Å²) in [5.41, 5.74) is 5.77. The molecule has 0 radical (unpaired) electrons. The van der Waals surface area contributed by atoms with Crippen molar-refractivity contribution in [3.8, 4) is 5.88 Å². The topological polar surface area (TPSA) is 80.3 Å². The van der Waals surface area contributed by atoms with Gasteiger partial charge in [-0.05, 0) is 23.8 Å². The van der Waals surface area contributed by atoms with E-state index in [-0.39, 0.29) is 12.3 Å². The Hall–Kier alpha value is -2.60. The minimum atomic E-state index is -0.459. The molecule has 7 heteroatoms. The number of ether oxygens (including phenoxy) is 1. The third-order valence-corrected chi connectivity index (χ3v) is 3.05. The van der Waals surface area contributed by atoms with Crippen molar-refractivity contribution in [3.63, 3.8) is 0 Å². The first-order valence-electron chi connectivity index (χ1n) is 6.42. The number of hydrogen-bond donors (Lipinski definition) is 2. The molecule has 0 bridgehead atoms. The zero-order valence-corrected chi connectivity index (χ0v) is 12.6. The average Bonchev–Trinajstić information content (AvgIpc) is 2.55. The van der Waals surface area contributed by atoms with E-state index in [4.69, 9.17) is 16.3 Å². The summed E-state index contributed by atoms with van der Waals surface area (Å²) in [6.45, 7) is 0. The quantitative estimate of drug-likeness (QED) is 0.841. The molecule has 6 nitrogen and oxygen atoms in total. The Balaban J connectivity index is 1.84. The zero-order chi connectivity index (χ0) is 15.9. The number of amides is 2. The normalized spacial score (nSPS) is 9.91. The van der Waals surface area contributed by atoms with Gasteiger partial charge in [-0.2, -0.15) is 0 Å². The van der Waals surface area contributed by atoms with Crippen molar-refractivity contribution in [2.45, 2.75) is 6.42 Å². The molecule has 0 spiro atoms. The lowest BCUT2D eigenvalue weighted by Crippen LogP contribution is -2.42. The number of carbonyl (C=O) groups excluding carboxylic acids is 2. The van der Waals surface area contributed by atoms with E-state index in [2.05, 4.69) is 15.8 Å². The van der Waals surface area contributed by atoms with Gasteiger partial charge in [-0.25, -0.2) is 4.98 Å². The number of hydrogen-bond acceptors (Lipinski definition) is 4. The summed E-state index contributed by atoms with van der Waals surface area (Å²) in [7, 11) is 1.49. The number of pyridine rings is 1. The minimum Gasteiger partial charge on any atom is -0.481 e. The molecule has 1 aromatic carbocycles. The molecule has 0 aliphatic rings. The Kier molecular flexibility index (Phi) is 5.32. The van der Waals surface area contributed by atoms with Gasteiger partial charge in [0, 0.05) is 17.3 Å². The lowest BCUT2D eigenvalue weighted by Gasteiger charge is -2.07. The summed E-state index contributed by atoms with van der Waals surface area (Å²) in [5.74, 6) is -0.389. The highest BCUT2D eigenvalue weighted by Gasteiger charge is 2.08. The van der Waals surface area contributed by atoms with Gasteiger partial charge in [-0.1, -0.05) is 23.7 Å². The van der Waals surface area contributed by atoms with E-state index in [1.165, 1.54) is 13.3 Å². The Bertz CT molecular complexity index is 657. The molecular weight excluding hydrogens is 306 g/mol. The smallest absolute Gasteiger partial charge is 0.271 e. The molecule has 0 saturated carbocycles. The molecule has 0 fully saturated rings. The Morgan fingerprint density at radius 2 is 1.86 bits per heavy atom. The number of nitrogens with one attached hydrogen (secondary N) is 2. The molecule has 1 heterocycles. The average molecular weight is 320 g/mol. The summed E-state index contributed by atoms with van der Waals surface area (Å²) >= 11 is 5.77. The first-order chi connectivity index (χ1) is 10.6. The molecule has 0 atom stereocenters. The van der Waals surface area contributed by atoms with Gasteiger partial charge in [0.2, 0.25) is 11.8 Å². The van der Waals surface area contributed by atoms with E-state index in [1.807, 2.05) is 0 Å². The summed E-state index contributed by atoms with van der Waals surface area (Å²) < 4.78 is 4.90. The standard InChI is InChI=1S/C15H14ClN3O3/c1-22-14-7-4-11(9-17-14)15(21)19-18-13(20)8-10-2-5-12(16)6-3-10/h2-7,9H,8H2,1H3,(H,18,20)(H,19,21). The number of carbonyl (C=O) groups is 2. The second-order valence-electron chi connectivity index (χ2n) is 4.39. The predicted octanol–water partition coefficient (Wildman–Crippen LogP) is 1.75. The third kappa shape index (κ3) is 4.46. The van der Waals surface area contributed by atoms with E-state index in [0.29, 0.717) is 16.5 Å². The van der Waals surface area contributed by atoms with Crippen molar-refractivity contribution in [1.82, 2.24) is 15.8 Å². The number of nitrogens with zero attached hydrogens (tertiary/aromatic N) is 1. The summed E-state index contributed by atoms with van der Waals surface area (Å²) in [6, 6.07) is 10.0. The monoisotopic (exact) mass is 319 g/mol. The van der Waals surface area contributed by atoms with Gasteiger partial charge in [0.15, 0.2) is 0 Å². The van der Waals surface area contributed by atoms with Gasteiger partial charge in [-0.3, -0.25) is 20.4 Å². The predicted molar refractivity (Wildman–Crippen MR) is 81.6 cm³/mol. The summed E-state index contributed by atoms with van der Waals surface area (Å²) in [4.78, 5) is 27.5. The highest BCUT2D eigenvalue weighted by Crippen LogP contribution is 2.10. The van der Waals surface area contributed by atoms with Crippen LogP contribution in [0.15, 0.2) is 42.6 Å². The second kappa shape index (κ2) is 7.42. The Morgan fingerprint density at radius 3 is 2.45 bits per heavy atom. The lowest BCUT2D eigenvalue weighted by atomic mass is 10.1. The third-order valence-electron chi connectivity index (χ3n) is 2.80. The fourth-order valence-electron chi connectivity index (χ4n) is 1.67. The van der Waals surface area contributed by atoms with Crippen LogP contribution < -0.4 is 15.6 Å². The maximum absolute atomic E-state index is 11.8.